The molecular formula is C26H29N3O2. The molecule has 0 aromatic heterocycles. The number of benzene rings is 2. The van der Waals surface area contributed by atoms with E-state index >= 15 is 0 Å². The minimum atomic E-state index is -0.436. The SMILES string of the molecule is CCOc1ccc(NC(=O)/C(C#N)=C\c2cc3c(cc2C)N(C)C(C)(C)C=C3C)cc1. The van der Waals surface area contributed by atoms with Crippen LogP contribution in [0.4, 0.5) is 11.4 Å². The monoisotopic (exact) mass is 415 g/mol. The fourth-order valence-electron chi connectivity index (χ4n) is 3.78. The molecule has 2 aromatic rings. The molecule has 3 rings (SSSR count). The number of hydrogen-bond donors (Lipinski definition) is 1. The van der Waals surface area contributed by atoms with Crippen LogP contribution in [0.2, 0.25) is 0 Å². The number of ether oxygens (including phenoxy) is 1. The molecule has 0 saturated heterocycles. The van der Waals surface area contributed by atoms with Gasteiger partial charge in [-0.3, -0.25) is 4.79 Å². The number of carbonyl (C=O) groups excluding carboxylic acids is 1. The molecule has 0 atom stereocenters. The second-order valence-electron chi connectivity index (χ2n) is 8.35. The fourth-order valence-corrected chi connectivity index (χ4v) is 3.78. The quantitative estimate of drug-likeness (QED) is 0.512. The summed E-state index contributed by atoms with van der Waals surface area (Å²) < 4.78 is 5.42. The number of rotatable bonds is 5. The van der Waals surface area contributed by atoms with E-state index in [0.29, 0.717) is 12.3 Å². The Hall–Kier alpha value is -3.52. The van der Waals surface area contributed by atoms with Crippen LogP contribution in [0.3, 0.4) is 0 Å². The first-order valence-electron chi connectivity index (χ1n) is 10.4. The number of nitrogens with one attached hydrogen (secondary N) is 1. The maximum Gasteiger partial charge on any atom is 0.266 e. The third-order valence-electron chi connectivity index (χ3n) is 5.69. The molecule has 0 fully saturated rings. The maximum atomic E-state index is 12.7. The van der Waals surface area contributed by atoms with Gasteiger partial charge in [0.05, 0.1) is 12.1 Å². The smallest absolute Gasteiger partial charge is 0.266 e. The maximum absolute atomic E-state index is 12.7. The molecule has 0 unspecified atom stereocenters. The zero-order chi connectivity index (χ0) is 22.8. The molecule has 1 aliphatic rings. The summed E-state index contributed by atoms with van der Waals surface area (Å²) >= 11 is 0. The van der Waals surface area contributed by atoms with Gasteiger partial charge in [0.1, 0.15) is 17.4 Å². The molecule has 31 heavy (non-hydrogen) atoms. The largest absolute Gasteiger partial charge is 0.494 e. The van der Waals surface area contributed by atoms with Gasteiger partial charge in [0.15, 0.2) is 0 Å². The van der Waals surface area contributed by atoms with Crippen molar-refractivity contribution in [3.05, 3.63) is 64.7 Å². The number of hydrogen-bond acceptors (Lipinski definition) is 4. The van der Waals surface area contributed by atoms with Crippen LogP contribution in [0.25, 0.3) is 11.6 Å². The molecule has 2 aromatic carbocycles. The Kier molecular flexibility index (Phi) is 6.21. The number of nitrogens with zero attached hydrogens (tertiary/aromatic N) is 2. The van der Waals surface area contributed by atoms with E-state index in [1.165, 1.54) is 5.57 Å². The molecule has 1 N–H and O–H groups in total. The summed E-state index contributed by atoms with van der Waals surface area (Å²) in [6.07, 6.45) is 3.90. The first-order chi connectivity index (χ1) is 14.7. The molecule has 0 aliphatic carbocycles. The number of anilines is 2. The lowest BCUT2D eigenvalue weighted by Gasteiger charge is -2.41. The lowest BCUT2D eigenvalue weighted by atomic mass is 9.87. The number of allylic oxidation sites excluding steroid dienone is 1. The molecule has 5 nitrogen and oxygen atoms in total. The third kappa shape index (κ3) is 4.64. The van der Waals surface area contributed by atoms with Gasteiger partial charge < -0.3 is 15.0 Å². The topological polar surface area (TPSA) is 65.4 Å². The fraction of sp³-hybridized carbons (Fsp3) is 0.308. The predicted octanol–water partition coefficient (Wildman–Crippen LogP) is 5.57. The van der Waals surface area contributed by atoms with Gasteiger partial charge in [0.2, 0.25) is 0 Å². The number of aryl methyl sites for hydroxylation is 1. The summed E-state index contributed by atoms with van der Waals surface area (Å²) in [5, 5.41) is 12.4. The van der Waals surface area contributed by atoms with Crippen LogP contribution in [0.1, 0.15) is 44.4 Å². The first-order valence-corrected chi connectivity index (χ1v) is 10.4. The Bertz CT molecular complexity index is 1100. The molecule has 0 bridgehead atoms. The van der Waals surface area contributed by atoms with Gasteiger partial charge in [-0.1, -0.05) is 6.08 Å². The molecule has 1 heterocycles. The van der Waals surface area contributed by atoms with Gasteiger partial charge in [0, 0.05) is 24.0 Å². The van der Waals surface area contributed by atoms with E-state index in [1.54, 1.807) is 30.3 Å². The normalized spacial score (nSPS) is 14.9. The van der Waals surface area contributed by atoms with Crippen molar-refractivity contribution in [2.24, 2.45) is 0 Å². The summed E-state index contributed by atoms with van der Waals surface area (Å²) in [5.41, 5.74) is 5.92. The molecule has 160 valence electrons. The molecule has 0 saturated carbocycles. The van der Waals surface area contributed by atoms with E-state index < -0.39 is 5.91 Å². The van der Waals surface area contributed by atoms with Crippen molar-refractivity contribution in [2.45, 2.75) is 40.2 Å². The second kappa shape index (κ2) is 8.69. The van der Waals surface area contributed by atoms with E-state index in [-0.39, 0.29) is 11.1 Å². The summed E-state index contributed by atoms with van der Waals surface area (Å²) in [6.45, 7) is 11.0. The average molecular weight is 416 g/mol. The van der Waals surface area contributed by atoms with Crippen LogP contribution in [0.15, 0.2) is 48.0 Å². The van der Waals surface area contributed by atoms with Gasteiger partial charge >= 0.3 is 0 Å². The molecule has 0 radical (unpaired) electrons. The van der Waals surface area contributed by atoms with Crippen LogP contribution in [-0.2, 0) is 4.79 Å². The molecular weight excluding hydrogens is 386 g/mol. The molecule has 1 amide bonds. The highest BCUT2D eigenvalue weighted by Crippen LogP contribution is 2.39. The van der Waals surface area contributed by atoms with Crippen LogP contribution in [0.5, 0.6) is 5.75 Å². The summed E-state index contributed by atoms with van der Waals surface area (Å²) in [4.78, 5) is 15.0. The van der Waals surface area contributed by atoms with Gasteiger partial charge in [0.25, 0.3) is 5.91 Å². The van der Waals surface area contributed by atoms with E-state index in [1.807, 2.05) is 19.9 Å². The van der Waals surface area contributed by atoms with Crippen molar-refractivity contribution in [3.63, 3.8) is 0 Å². The number of amides is 1. The number of nitriles is 1. The lowest BCUT2D eigenvalue weighted by molar-refractivity contribution is -0.112. The Balaban J connectivity index is 1.90. The van der Waals surface area contributed by atoms with Gasteiger partial charge in [-0.05, 0) is 93.8 Å². The zero-order valence-corrected chi connectivity index (χ0v) is 19.0. The summed E-state index contributed by atoms with van der Waals surface area (Å²) in [6, 6.07) is 13.3. The van der Waals surface area contributed by atoms with Crippen LogP contribution in [-0.4, -0.2) is 25.1 Å². The first kappa shape index (κ1) is 22.2. The summed E-state index contributed by atoms with van der Waals surface area (Å²) in [5.74, 6) is 0.298. The average Bonchev–Trinajstić information content (AvgIpc) is 2.72. The highest BCUT2D eigenvalue weighted by Gasteiger charge is 2.28. The van der Waals surface area contributed by atoms with E-state index in [9.17, 15) is 10.1 Å². The van der Waals surface area contributed by atoms with Crippen LogP contribution >= 0.6 is 0 Å². The molecule has 1 aliphatic heterocycles. The van der Waals surface area contributed by atoms with E-state index in [4.69, 9.17) is 4.74 Å². The number of likely N-dealkylation sites (N-methyl/N-ethyl adjacent to an activating group) is 1. The van der Waals surface area contributed by atoms with Gasteiger partial charge in [-0.25, -0.2) is 0 Å². The van der Waals surface area contributed by atoms with Crippen molar-refractivity contribution in [3.8, 4) is 11.8 Å². The zero-order valence-electron chi connectivity index (χ0n) is 19.0. The van der Waals surface area contributed by atoms with Crippen molar-refractivity contribution >= 4 is 28.9 Å². The summed E-state index contributed by atoms with van der Waals surface area (Å²) in [7, 11) is 2.09. The van der Waals surface area contributed by atoms with E-state index in [0.717, 1.165) is 28.1 Å². The van der Waals surface area contributed by atoms with Crippen molar-refractivity contribution in [1.82, 2.24) is 0 Å². The van der Waals surface area contributed by atoms with Crippen LogP contribution in [0, 0.1) is 18.3 Å². The number of fused-ring (bicyclic) bond motifs is 1. The Morgan fingerprint density at radius 2 is 1.90 bits per heavy atom. The van der Waals surface area contributed by atoms with Gasteiger partial charge in [-0.2, -0.15) is 5.26 Å². The highest BCUT2D eigenvalue weighted by molar-refractivity contribution is 6.09. The van der Waals surface area contributed by atoms with E-state index in [2.05, 4.69) is 56.2 Å². The standard InChI is InChI=1S/C26H29N3O2/c1-7-31-22-10-8-21(9-11-22)28-25(30)20(16-27)13-19-14-23-18(3)15-26(4,5)29(6)24(23)12-17(19)2/h8-15H,7H2,1-6H3,(H,28,30)/b20-13-. The van der Waals surface area contributed by atoms with Crippen molar-refractivity contribution in [2.75, 3.05) is 23.9 Å². The molecule has 0 spiro atoms. The van der Waals surface area contributed by atoms with Crippen molar-refractivity contribution in [1.29, 1.82) is 5.26 Å². The lowest BCUT2D eigenvalue weighted by Crippen LogP contribution is -2.42. The predicted molar refractivity (Wildman–Crippen MR) is 127 cm³/mol. The van der Waals surface area contributed by atoms with Gasteiger partial charge in [-0.15, -0.1) is 0 Å². The number of carbonyl (C=O) groups is 1. The highest BCUT2D eigenvalue weighted by atomic mass is 16.5. The third-order valence-corrected chi connectivity index (χ3v) is 5.69. The second-order valence-corrected chi connectivity index (χ2v) is 8.35. The van der Waals surface area contributed by atoms with Crippen LogP contribution < -0.4 is 15.0 Å². The Labute approximate surface area is 184 Å². The minimum absolute atomic E-state index is 0.0584. The minimum Gasteiger partial charge on any atom is -0.494 e. The Morgan fingerprint density at radius 1 is 1.23 bits per heavy atom. The Morgan fingerprint density at radius 3 is 2.52 bits per heavy atom. The molecule has 5 heteroatoms. The van der Waals surface area contributed by atoms with Crippen molar-refractivity contribution < 1.29 is 9.53 Å².